The van der Waals surface area contributed by atoms with Crippen molar-refractivity contribution in [2.24, 2.45) is 0 Å². The molecule has 0 saturated heterocycles. The van der Waals surface area contributed by atoms with Crippen LogP contribution in [0.5, 0.6) is 0 Å². The first kappa shape index (κ1) is 19.6. The van der Waals surface area contributed by atoms with Gasteiger partial charge in [-0.3, -0.25) is 0 Å². The van der Waals surface area contributed by atoms with Crippen molar-refractivity contribution in [2.75, 3.05) is 5.73 Å². The van der Waals surface area contributed by atoms with Crippen molar-refractivity contribution in [1.82, 2.24) is 29.5 Å². The lowest BCUT2D eigenvalue weighted by Gasteiger charge is -2.06. The average Bonchev–Trinajstić information content (AvgIpc) is 3.37. The van der Waals surface area contributed by atoms with Gasteiger partial charge in [-0.25, -0.2) is 23.7 Å². The minimum absolute atomic E-state index is 0.00704. The summed E-state index contributed by atoms with van der Waals surface area (Å²) in [5.41, 5.74) is 5.29. The minimum Gasteiger partial charge on any atom is -0.381 e. The number of halogens is 5. The van der Waals surface area contributed by atoms with Crippen molar-refractivity contribution in [2.45, 2.75) is 0 Å². The van der Waals surface area contributed by atoms with Crippen LogP contribution in [0.15, 0.2) is 49.3 Å². The van der Waals surface area contributed by atoms with Crippen LogP contribution in [-0.2, 0) is 0 Å². The maximum atomic E-state index is 13.5. The molecule has 0 aliphatic heterocycles. The van der Waals surface area contributed by atoms with E-state index in [1.54, 1.807) is 18.3 Å². The zero-order chi connectivity index (χ0) is 20.3. The molecule has 4 heterocycles. The number of aromatic nitrogens is 6. The fraction of sp³-hybridized carbons (Fsp3) is 0. The summed E-state index contributed by atoms with van der Waals surface area (Å²) in [4.78, 5) is 6.71. The number of rotatable bonds is 2. The molecule has 0 aliphatic carbocycles. The van der Waals surface area contributed by atoms with E-state index in [0.717, 1.165) is 10.9 Å². The molecule has 4 aromatic heterocycles. The van der Waals surface area contributed by atoms with E-state index in [4.69, 9.17) is 28.9 Å². The first-order valence-electron chi connectivity index (χ1n) is 7.49. The van der Waals surface area contributed by atoms with Crippen LogP contribution in [0.25, 0.3) is 11.4 Å². The van der Waals surface area contributed by atoms with E-state index in [0.29, 0.717) is 0 Å². The monoisotopic (exact) mass is 427 g/mol. The van der Waals surface area contributed by atoms with Crippen LogP contribution in [0.3, 0.4) is 0 Å². The van der Waals surface area contributed by atoms with Crippen molar-refractivity contribution >= 4 is 29.0 Å². The maximum absolute atomic E-state index is 13.5. The molecule has 144 valence electrons. The number of nitrogens with zero attached hydrogens (tertiary/aromatic N) is 6. The number of hydrogen-bond acceptors (Lipinski definition) is 5. The molecule has 12 heteroatoms. The summed E-state index contributed by atoms with van der Waals surface area (Å²) in [6, 6.07) is 3.24. The Hall–Kier alpha value is -3.11. The molecule has 0 aliphatic rings. The van der Waals surface area contributed by atoms with E-state index in [9.17, 15) is 13.2 Å². The van der Waals surface area contributed by atoms with E-state index >= 15 is 0 Å². The highest BCUT2D eigenvalue weighted by atomic mass is 35.5. The Bertz CT molecular complexity index is 999. The standard InChI is InChI=1S/C8H4ClF2N3.C8H6ClFN4/c2*9-5-4-12-8(11)6(10)7(5)14-3-1-2-13-14/h1-4H;1-4H,(H2,11,12). The number of nitrogens with two attached hydrogens (primary N) is 1. The maximum Gasteiger partial charge on any atom is 0.251 e. The number of anilines is 1. The summed E-state index contributed by atoms with van der Waals surface area (Å²) >= 11 is 11.4. The Labute approximate surface area is 166 Å². The fourth-order valence-electron chi connectivity index (χ4n) is 2.13. The summed E-state index contributed by atoms with van der Waals surface area (Å²) in [5.74, 6) is -3.16. The van der Waals surface area contributed by atoms with Crippen LogP contribution in [0.2, 0.25) is 10.0 Å². The molecule has 0 atom stereocenters. The third-order valence-corrected chi connectivity index (χ3v) is 3.90. The van der Waals surface area contributed by atoms with Gasteiger partial charge < -0.3 is 5.73 Å². The molecule has 0 radical (unpaired) electrons. The highest BCUT2D eigenvalue weighted by Crippen LogP contribution is 2.25. The molecular weight excluding hydrogens is 418 g/mol. The quantitative estimate of drug-likeness (QED) is 0.491. The van der Waals surface area contributed by atoms with Crippen molar-refractivity contribution < 1.29 is 13.2 Å². The summed E-state index contributed by atoms with van der Waals surface area (Å²) in [7, 11) is 0. The molecule has 4 aromatic rings. The summed E-state index contributed by atoms with van der Waals surface area (Å²) in [5, 5.41) is 7.78. The lowest BCUT2D eigenvalue weighted by atomic mass is 10.3. The van der Waals surface area contributed by atoms with Gasteiger partial charge in [0.25, 0.3) is 5.95 Å². The Balaban J connectivity index is 0.000000161. The van der Waals surface area contributed by atoms with Gasteiger partial charge in [-0.2, -0.15) is 19.0 Å². The minimum atomic E-state index is -1.19. The largest absolute Gasteiger partial charge is 0.381 e. The second-order valence-electron chi connectivity index (χ2n) is 5.11. The molecule has 4 rings (SSSR count). The Kier molecular flexibility index (Phi) is 5.81. The third kappa shape index (κ3) is 3.92. The lowest BCUT2D eigenvalue weighted by molar-refractivity contribution is 0.473. The smallest absolute Gasteiger partial charge is 0.251 e. The highest BCUT2D eigenvalue weighted by Gasteiger charge is 2.15. The summed E-state index contributed by atoms with van der Waals surface area (Å²) in [6.07, 6.45) is 8.32. The molecule has 0 aromatic carbocycles. The van der Waals surface area contributed by atoms with Gasteiger partial charge in [0.15, 0.2) is 11.6 Å². The number of nitrogen functional groups attached to an aromatic ring is 1. The van der Waals surface area contributed by atoms with Gasteiger partial charge >= 0.3 is 0 Å². The second-order valence-corrected chi connectivity index (χ2v) is 5.93. The zero-order valence-corrected chi connectivity index (χ0v) is 15.3. The fourth-order valence-corrected chi connectivity index (χ4v) is 2.56. The topological polar surface area (TPSA) is 87.4 Å². The third-order valence-electron chi connectivity index (χ3n) is 3.35. The number of pyridine rings is 2. The van der Waals surface area contributed by atoms with Crippen LogP contribution in [0.4, 0.5) is 19.0 Å². The molecule has 0 spiro atoms. The van der Waals surface area contributed by atoms with Gasteiger partial charge in [-0.05, 0) is 12.1 Å². The predicted octanol–water partition coefficient (Wildman–Crippen LogP) is 3.84. The normalized spacial score (nSPS) is 10.5. The van der Waals surface area contributed by atoms with Crippen LogP contribution >= 0.6 is 23.2 Å². The van der Waals surface area contributed by atoms with E-state index in [1.165, 1.54) is 29.5 Å². The van der Waals surface area contributed by atoms with E-state index in [2.05, 4.69) is 20.2 Å². The molecule has 0 bridgehead atoms. The Morgan fingerprint density at radius 3 is 1.79 bits per heavy atom. The van der Waals surface area contributed by atoms with Crippen molar-refractivity contribution in [3.05, 3.63) is 76.9 Å². The molecule has 2 N–H and O–H groups in total. The lowest BCUT2D eigenvalue weighted by Crippen LogP contribution is -2.04. The van der Waals surface area contributed by atoms with E-state index in [1.807, 2.05) is 0 Å². The van der Waals surface area contributed by atoms with E-state index < -0.39 is 17.6 Å². The zero-order valence-electron chi connectivity index (χ0n) is 13.8. The molecule has 0 unspecified atom stereocenters. The molecular formula is C16H10Cl2F3N7. The van der Waals surface area contributed by atoms with Gasteiger partial charge in [-0.1, -0.05) is 23.2 Å². The molecule has 0 amide bonds. The highest BCUT2D eigenvalue weighted by molar-refractivity contribution is 6.32. The summed E-state index contributed by atoms with van der Waals surface area (Å²) in [6.45, 7) is 0. The van der Waals surface area contributed by atoms with Crippen LogP contribution in [-0.4, -0.2) is 29.5 Å². The van der Waals surface area contributed by atoms with Crippen LogP contribution < -0.4 is 5.73 Å². The Morgan fingerprint density at radius 2 is 1.29 bits per heavy atom. The SMILES string of the molecule is Fc1ncc(Cl)c(-n2cccn2)c1F.Nc1ncc(Cl)c(-n2cccn2)c1F. The van der Waals surface area contributed by atoms with Crippen molar-refractivity contribution in [3.63, 3.8) is 0 Å². The average molecular weight is 428 g/mol. The molecule has 7 nitrogen and oxygen atoms in total. The van der Waals surface area contributed by atoms with Gasteiger partial charge in [0.2, 0.25) is 5.82 Å². The molecule has 0 fully saturated rings. The van der Waals surface area contributed by atoms with Crippen LogP contribution in [0.1, 0.15) is 0 Å². The van der Waals surface area contributed by atoms with E-state index in [-0.39, 0.29) is 27.2 Å². The number of hydrogen-bond donors (Lipinski definition) is 1. The Morgan fingerprint density at radius 1 is 0.786 bits per heavy atom. The van der Waals surface area contributed by atoms with Crippen LogP contribution in [0, 0.1) is 17.6 Å². The first-order chi connectivity index (χ1) is 13.4. The van der Waals surface area contributed by atoms with Gasteiger partial charge in [0.1, 0.15) is 11.4 Å². The first-order valence-corrected chi connectivity index (χ1v) is 8.24. The van der Waals surface area contributed by atoms with Gasteiger partial charge in [0, 0.05) is 24.8 Å². The molecule has 28 heavy (non-hydrogen) atoms. The van der Waals surface area contributed by atoms with Crippen molar-refractivity contribution in [1.29, 1.82) is 0 Å². The second kappa shape index (κ2) is 8.28. The van der Waals surface area contributed by atoms with Crippen molar-refractivity contribution in [3.8, 4) is 11.4 Å². The molecule has 0 saturated carbocycles. The predicted molar refractivity (Wildman–Crippen MR) is 97.0 cm³/mol. The van der Waals surface area contributed by atoms with Gasteiger partial charge in [0.05, 0.1) is 22.4 Å². The summed E-state index contributed by atoms with van der Waals surface area (Å²) < 4.78 is 41.9. The van der Waals surface area contributed by atoms with Gasteiger partial charge in [-0.15, -0.1) is 0 Å².